The normalized spacial score (nSPS) is 16.1. The van der Waals surface area contributed by atoms with Gasteiger partial charge in [-0.2, -0.15) is 0 Å². The molecule has 1 N–H and O–H groups in total. The predicted octanol–water partition coefficient (Wildman–Crippen LogP) is 3.87. The van der Waals surface area contributed by atoms with Crippen LogP contribution in [0.15, 0.2) is 58.5 Å². The van der Waals surface area contributed by atoms with Gasteiger partial charge in [-0.05, 0) is 49.1 Å². The Morgan fingerprint density at radius 3 is 2.93 bits per heavy atom. The second kappa shape index (κ2) is 9.45. The lowest BCUT2D eigenvalue weighted by Gasteiger charge is -2.16. The number of aryl methyl sites for hydroxylation is 1. The van der Waals surface area contributed by atoms with Crippen LogP contribution in [-0.2, 0) is 22.5 Å². The van der Waals surface area contributed by atoms with Crippen molar-refractivity contribution in [2.45, 2.75) is 44.0 Å². The average molecular weight is 424 g/mol. The number of benzene rings is 2. The minimum absolute atomic E-state index is 0.00984. The van der Waals surface area contributed by atoms with Crippen LogP contribution in [0, 0.1) is 0 Å². The van der Waals surface area contributed by atoms with E-state index in [2.05, 4.69) is 17.2 Å². The van der Waals surface area contributed by atoms with Crippen LogP contribution in [-0.4, -0.2) is 33.9 Å². The summed E-state index contributed by atoms with van der Waals surface area (Å²) >= 11 is 1.28. The van der Waals surface area contributed by atoms with Crippen LogP contribution in [0.4, 0.5) is 5.69 Å². The van der Waals surface area contributed by atoms with Gasteiger partial charge in [-0.15, -0.1) is 0 Å². The van der Waals surface area contributed by atoms with Gasteiger partial charge in [0.05, 0.1) is 29.3 Å². The van der Waals surface area contributed by atoms with Crippen molar-refractivity contribution in [3.63, 3.8) is 0 Å². The maximum atomic E-state index is 13.1. The summed E-state index contributed by atoms with van der Waals surface area (Å²) in [7, 11) is 0. The highest BCUT2D eigenvalue weighted by Gasteiger charge is 2.20. The Kier molecular flexibility index (Phi) is 6.50. The number of hydrogen-bond donors (Lipinski definition) is 1. The first-order valence-electron chi connectivity index (χ1n) is 10.3. The third kappa shape index (κ3) is 4.74. The van der Waals surface area contributed by atoms with Crippen LogP contribution in [0.1, 0.15) is 25.3 Å². The van der Waals surface area contributed by atoms with Crippen molar-refractivity contribution in [3.05, 3.63) is 64.4 Å². The minimum atomic E-state index is -0.126. The standard InChI is InChI=1S/C23H25N3O3S/c1-2-16-7-5-8-17(13-16)24-21(27)15-30-23-25-20-11-4-3-10-19(20)22(28)26(23)14-18-9-6-12-29-18/h3-5,7-8,10-11,13,18H,2,6,9,12,14-15H2,1H3,(H,24,27)/t18-/m0/s1. The molecule has 1 aliphatic heterocycles. The number of hydrogen-bond acceptors (Lipinski definition) is 5. The predicted molar refractivity (Wildman–Crippen MR) is 120 cm³/mol. The summed E-state index contributed by atoms with van der Waals surface area (Å²) in [5, 5.41) is 4.06. The van der Waals surface area contributed by atoms with Gasteiger partial charge in [-0.3, -0.25) is 14.2 Å². The van der Waals surface area contributed by atoms with Gasteiger partial charge in [0.1, 0.15) is 0 Å². The van der Waals surface area contributed by atoms with Crippen LogP contribution in [0.25, 0.3) is 10.9 Å². The summed E-state index contributed by atoms with van der Waals surface area (Å²) in [5.74, 6) is 0.0476. The molecule has 1 atom stereocenters. The van der Waals surface area contributed by atoms with Crippen LogP contribution >= 0.6 is 11.8 Å². The van der Waals surface area contributed by atoms with E-state index in [1.807, 2.05) is 42.5 Å². The summed E-state index contributed by atoms with van der Waals surface area (Å²) in [6.45, 7) is 3.26. The molecule has 4 rings (SSSR count). The molecule has 1 amide bonds. The highest BCUT2D eigenvalue weighted by molar-refractivity contribution is 7.99. The molecular weight excluding hydrogens is 398 g/mol. The molecule has 30 heavy (non-hydrogen) atoms. The minimum Gasteiger partial charge on any atom is -0.376 e. The van der Waals surface area contributed by atoms with Crippen molar-refractivity contribution in [1.29, 1.82) is 0 Å². The van der Waals surface area contributed by atoms with Crippen molar-refractivity contribution in [2.75, 3.05) is 17.7 Å². The monoisotopic (exact) mass is 423 g/mol. The molecule has 1 aromatic heterocycles. The lowest BCUT2D eigenvalue weighted by atomic mass is 10.1. The van der Waals surface area contributed by atoms with Crippen molar-refractivity contribution in [3.8, 4) is 0 Å². The van der Waals surface area contributed by atoms with Gasteiger partial charge in [0, 0.05) is 12.3 Å². The van der Waals surface area contributed by atoms with Crippen molar-refractivity contribution in [2.24, 2.45) is 0 Å². The molecule has 0 unspecified atom stereocenters. The Balaban J connectivity index is 1.54. The molecule has 156 valence electrons. The first-order valence-corrected chi connectivity index (χ1v) is 11.3. The third-order valence-electron chi connectivity index (χ3n) is 5.19. The Morgan fingerprint density at radius 2 is 2.13 bits per heavy atom. The number of amides is 1. The van der Waals surface area contributed by atoms with E-state index < -0.39 is 0 Å². The van der Waals surface area contributed by atoms with Crippen LogP contribution in [0.5, 0.6) is 0 Å². The molecule has 0 bridgehead atoms. The molecule has 0 radical (unpaired) electrons. The molecule has 1 saturated heterocycles. The number of ether oxygens (including phenoxy) is 1. The van der Waals surface area contributed by atoms with Gasteiger partial charge < -0.3 is 10.1 Å². The largest absolute Gasteiger partial charge is 0.376 e. The Morgan fingerprint density at radius 1 is 1.27 bits per heavy atom. The summed E-state index contributed by atoms with van der Waals surface area (Å²) in [6.07, 6.45) is 2.85. The number of aromatic nitrogens is 2. The van der Waals surface area contributed by atoms with E-state index in [0.29, 0.717) is 22.6 Å². The third-order valence-corrected chi connectivity index (χ3v) is 6.16. The van der Waals surface area contributed by atoms with Crippen molar-refractivity contribution in [1.82, 2.24) is 9.55 Å². The van der Waals surface area contributed by atoms with Gasteiger partial charge in [-0.1, -0.05) is 43.0 Å². The van der Waals surface area contributed by atoms with E-state index in [1.165, 1.54) is 17.3 Å². The summed E-state index contributed by atoms with van der Waals surface area (Å²) in [5.41, 5.74) is 2.50. The highest BCUT2D eigenvalue weighted by atomic mass is 32.2. The fourth-order valence-corrected chi connectivity index (χ4v) is 4.42. The number of thioether (sulfide) groups is 1. The Hall–Kier alpha value is -2.64. The fraction of sp³-hybridized carbons (Fsp3) is 0.348. The van der Waals surface area contributed by atoms with Crippen molar-refractivity contribution >= 4 is 34.3 Å². The van der Waals surface area contributed by atoms with E-state index >= 15 is 0 Å². The van der Waals surface area contributed by atoms with Gasteiger partial charge in [-0.25, -0.2) is 4.98 Å². The van der Waals surface area contributed by atoms with Gasteiger partial charge in [0.15, 0.2) is 5.16 Å². The first kappa shape index (κ1) is 20.6. The molecular formula is C23H25N3O3S. The van der Waals surface area contributed by atoms with E-state index in [-0.39, 0.29) is 23.3 Å². The molecule has 0 spiro atoms. The number of fused-ring (bicyclic) bond motifs is 1. The highest BCUT2D eigenvalue weighted by Crippen LogP contribution is 2.21. The summed E-state index contributed by atoms with van der Waals surface area (Å²) < 4.78 is 7.39. The molecule has 2 aromatic carbocycles. The van der Waals surface area contributed by atoms with Gasteiger partial charge in [0.25, 0.3) is 5.56 Å². The topological polar surface area (TPSA) is 73.2 Å². The van der Waals surface area contributed by atoms with Crippen LogP contribution in [0.3, 0.4) is 0 Å². The molecule has 1 aliphatic rings. The average Bonchev–Trinajstić information content (AvgIpc) is 3.28. The zero-order chi connectivity index (χ0) is 20.9. The van der Waals surface area contributed by atoms with Gasteiger partial charge in [0.2, 0.25) is 5.91 Å². The number of nitrogens with one attached hydrogen (secondary N) is 1. The molecule has 3 aromatic rings. The fourth-order valence-electron chi connectivity index (χ4n) is 3.61. The zero-order valence-electron chi connectivity index (χ0n) is 17.0. The molecule has 0 aliphatic carbocycles. The van der Waals surface area contributed by atoms with Crippen LogP contribution in [0.2, 0.25) is 0 Å². The number of anilines is 1. The number of carbonyl (C=O) groups is 1. The second-order valence-electron chi connectivity index (χ2n) is 7.35. The Bertz CT molecular complexity index is 1110. The van der Waals surface area contributed by atoms with E-state index in [4.69, 9.17) is 4.74 Å². The smallest absolute Gasteiger partial charge is 0.262 e. The first-order chi connectivity index (χ1) is 14.6. The summed E-state index contributed by atoms with van der Waals surface area (Å²) in [4.78, 5) is 30.3. The number of nitrogens with zero attached hydrogens (tertiary/aromatic N) is 2. The Labute approximate surface area is 179 Å². The number of rotatable bonds is 7. The maximum Gasteiger partial charge on any atom is 0.262 e. The zero-order valence-corrected chi connectivity index (χ0v) is 17.8. The maximum absolute atomic E-state index is 13.1. The SMILES string of the molecule is CCc1cccc(NC(=O)CSc2nc3ccccc3c(=O)n2C[C@@H]2CCCO2)c1. The molecule has 2 heterocycles. The van der Waals surface area contributed by atoms with Crippen molar-refractivity contribution < 1.29 is 9.53 Å². The lowest BCUT2D eigenvalue weighted by molar-refractivity contribution is -0.113. The second-order valence-corrected chi connectivity index (χ2v) is 8.30. The number of carbonyl (C=O) groups excluding carboxylic acids is 1. The molecule has 6 nitrogen and oxygen atoms in total. The molecule has 0 saturated carbocycles. The molecule has 1 fully saturated rings. The van der Waals surface area contributed by atoms with E-state index in [9.17, 15) is 9.59 Å². The van der Waals surface area contributed by atoms with Crippen LogP contribution < -0.4 is 10.9 Å². The quantitative estimate of drug-likeness (QED) is 0.461. The number of para-hydroxylation sites is 1. The van der Waals surface area contributed by atoms with Gasteiger partial charge >= 0.3 is 0 Å². The van der Waals surface area contributed by atoms with E-state index in [0.717, 1.165) is 31.6 Å². The summed E-state index contributed by atoms with van der Waals surface area (Å²) in [6, 6.07) is 15.1. The lowest BCUT2D eigenvalue weighted by Crippen LogP contribution is -2.29. The molecule has 7 heteroatoms. The van der Waals surface area contributed by atoms with E-state index in [1.54, 1.807) is 10.6 Å².